The highest BCUT2D eigenvalue weighted by Gasteiger charge is 2.28. The molecule has 0 heterocycles. The van der Waals surface area contributed by atoms with E-state index in [0.717, 1.165) is 24.1 Å². The van der Waals surface area contributed by atoms with Crippen LogP contribution in [0.15, 0.2) is 24.3 Å². The third kappa shape index (κ3) is 4.59. The molecule has 1 aliphatic carbocycles. The van der Waals surface area contributed by atoms with Crippen molar-refractivity contribution in [3.05, 3.63) is 35.4 Å². The zero-order valence-corrected chi connectivity index (χ0v) is 12.7. The molecule has 104 valence electrons. The van der Waals surface area contributed by atoms with Gasteiger partial charge in [0.2, 0.25) is 0 Å². The molecule has 2 rings (SSSR count). The molecule has 2 nitrogen and oxygen atoms in total. The Morgan fingerprint density at radius 1 is 1.42 bits per heavy atom. The number of hydrogen-bond donors (Lipinski definition) is 1. The molecule has 3 heteroatoms. The van der Waals surface area contributed by atoms with Crippen molar-refractivity contribution >= 4 is 17.2 Å². The molecule has 0 aliphatic heterocycles. The molecule has 0 atom stereocenters. The lowest BCUT2D eigenvalue weighted by Crippen LogP contribution is -2.27. The van der Waals surface area contributed by atoms with Gasteiger partial charge in [-0.1, -0.05) is 44.3 Å². The lowest BCUT2D eigenvalue weighted by atomic mass is 10.1. The Bertz CT molecular complexity index is 438. The standard InChI is InChI=1S/C16H24N2S/c1-12(2)8-9-18(15-6-7-15)11-13-4-3-5-14(10-13)16(17)19/h3-5,10,12,15H,6-9,11H2,1-2H3,(H2,17,19). The summed E-state index contributed by atoms with van der Waals surface area (Å²) < 4.78 is 0. The lowest BCUT2D eigenvalue weighted by Gasteiger charge is -2.23. The van der Waals surface area contributed by atoms with Gasteiger partial charge in [0.05, 0.1) is 0 Å². The molecule has 1 aromatic rings. The van der Waals surface area contributed by atoms with Crippen molar-refractivity contribution in [2.24, 2.45) is 11.7 Å². The largest absolute Gasteiger partial charge is 0.389 e. The monoisotopic (exact) mass is 276 g/mol. The molecule has 0 saturated heterocycles. The van der Waals surface area contributed by atoms with E-state index in [2.05, 4.69) is 36.9 Å². The topological polar surface area (TPSA) is 29.3 Å². The second kappa shape index (κ2) is 6.49. The summed E-state index contributed by atoms with van der Waals surface area (Å²) in [4.78, 5) is 3.10. The van der Waals surface area contributed by atoms with Gasteiger partial charge in [-0.15, -0.1) is 0 Å². The molecular weight excluding hydrogens is 252 g/mol. The zero-order chi connectivity index (χ0) is 13.8. The van der Waals surface area contributed by atoms with Gasteiger partial charge < -0.3 is 5.73 Å². The van der Waals surface area contributed by atoms with Crippen molar-refractivity contribution in [1.29, 1.82) is 0 Å². The molecule has 0 bridgehead atoms. The van der Waals surface area contributed by atoms with Gasteiger partial charge in [-0.3, -0.25) is 4.90 Å². The highest BCUT2D eigenvalue weighted by molar-refractivity contribution is 7.80. The van der Waals surface area contributed by atoms with E-state index in [0.29, 0.717) is 4.99 Å². The number of nitrogens with two attached hydrogens (primary N) is 1. The number of rotatable bonds is 7. The van der Waals surface area contributed by atoms with E-state index in [4.69, 9.17) is 18.0 Å². The maximum Gasteiger partial charge on any atom is 0.103 e. The Balaban J connectivity index is 2.00. The Labute approximate surface area is 122 Å². The summed E-state index contributed by atoms with van der Waals surface area (Å²) in [7, 11) is 0. The first-order valence-corrected chi connectivity index (χ1v) is 7.60. The van der Waals surface area contributed by atoms with Crippen LogP contribution in [0, 0.1) is 5.92 Å². The normalized spacial score (nSPS) is 15.2. The second-order valence-electron chi connectivity index (χ2n) is 5.95. The summed E-state index contributed by atoms with van der Waals surface area (Å²) in [6, 6.07) is 9.14. The van der Waals surface area contributed by atoms with Crippen LogP contribution in [0.4, 0.5) is 0 Å². The summed E-state index contributed by atoms with van der Waals surface area (Å²) >= 11 is 5.05. The minimum absolute atomic E-state index is 0.488. The Morgan fingerprint density at radius 3 is 2.74 bits per heavy atom. The van der Waals surface area contributed by atoms with Crippen molar-refractivity contribution in [3.63, 3.8) is 0 Å². The highest BCUT2D eigenvalue weighted by Crippen LogP contribution is 2.29. The van der Waals surface area contributed by atoms with Crippen LogP contribution in [-0.2, 0) is 6.54 Å². The van der Waals surface area contributed by atoms with Gasteiger partial charge in [-0.25, -0.2) is 0 Å². The van der Waals surface area contributed by atoms with E-state index in [1.165, 1.54) is 31.4 Å². The average molecular weight is 276 g/mol. The average Bonchev–Trinajstić information content (AvgIpc) is 3.18. The quantitative estimate of drug-likeness (QED) is 0.775. The van der Waals surface area contributed by atoms with Gasteiger partial charge in [0.15, 0.2) is 0 Å². The molecule has 1 saturated carbocycles. The molecule has 0 unspecified atom stereocenters. The number of hydrogen-bond acceptors (Lipinski definition) is 2. The van der Waals surface area contributed by atoms with E-state index in [1.807, 2.05) is 6.07 Å². The molecule has 0 aromatic heterocycles. The van der Waals surface area contributed by atoms with Crippen molar-refractivity contribution in [2.75, 3.05) is 6.54 Å². The SMILES string of the molecule is CC(C)CCN(Cc1cccc(C(N)=S)c1)C1CC1. The first-order valence-electron chi connectivity index (χ1n) is 7.19. The Hall–Kier alpha value is -0.930. The zero-order valence-electron chi connectivity index (χ0n) is 11.9. The molecule has 1 aliphatic rings. The van der Waals surface area contributed by atoms with Crippen molar-refractivity contribution < 1.29 is 0 Å². The minimum atomic E-state index is 0.488. The van der Waals surface area contributed by atoms with E-state index < -0.39 is 0 Å². The van der Waals surface area contributed by atoms with Gasteiger partial charge in [0.1, 0.15) is 4.99 Å². The number of benzene rings is 1. The van der Waals surface area contributed by atoms with Gasteiger partial charge in [-0.2, -0.15) is 0 Å². The van der Waals surface area contributed by atoms with Crippen LogP contribution in [0.25, 0.3) is 0 Å². The van der Waals surface area contributed by atoms with Crippen molar-refractivity contribution in [1.82, 2.24) is 4.90 Å². The van der Waals surface area contributed by atoms with Gasteiger partial charge in [-0.05, 0) is 43.4 Å². The fourth-order valence-corrected chi connectivity index (χ4v) is 2.44. The summed E-state index contributed by atoms with van der Waals surface area (Å²) in [5, 5.41) is 0. The number of thiocarbonyl (C=S) groups is 1. The van der Waals surface area contributed by atoms with Crippen molar-refractivity contribution in [2.45, 2.75) is 45.7 Å². The fraction of sp³-hybridized carbons (Fsp3) is 0.562. The first kappa shape index (κ1) is 14.5. The summed E-state index contributed by atoms with van der Waals surface area (Å²) in [5.74, 6) is 0.768. The van der Waals surface area contributed by atoms with Crippen LogP contribution in [0.5, 0.6) is 0 Å². The molecular formula is C16H24N2S. The predicted octanol–water partition coefficient (Wildman–Crippen LogP) is 3.33. The summed E-state index contributed by atoms with van der Waals surface area (Å²) in [6.45, 7) is 6.80. The maximum absolute atomic E-state index is 5.70. The second-order valence-corrected chi connectivity index (χ2v) is 6.39. The first-order chi connectivity index (χ1) is 9.06. The molecule has 1 fully saturated rings. The van der Waals surface area contributed by atoms with Crippen molar-refractivity contribution in [3.8, 4) is 0 Å². The summed E-state index contributed by atoms with van der Waals surface area (Å²) in [6.07, 6.45) is 3.98. The fourth-order valence-electron chi connectivity index (χ4n) is 2.31. The smallest absolute Gasteiger partial charge is 0.103 e. The van der Waals surface area contributed by atoms with E-state index >= 15 is 0 Å². The number of nitrogens with zero attached hydrogens (tertiary/aromatic N) is 1. The highest BCUT2D eigenvalue weighted by atomic mass is 32.1. The predicted molar refractivity (Wildman–Crippen MR) is 85.2 cm³/mol. The van der Waals surface area contributed by atoms with Crippen LogP contribution in [0.2, 0.25) is 0 Å². The molecule has 0 amide bonds. The molecule has 0 spiro atoms. The van der Waals surface area contributed by atoms with Crippen LogP contribution in [-0.4, -0.2) is 22.5 Å². The van der Waals surface area contributed by atoms with E-state index in [9.17, 15) is 0 Å². The maximum atomic E-state index is 5.70. The third-order valence-corrected chi connectivity index (χ3v) is 3.89. The molecule has 19 heavy (non-hydrogen) atoms. The summed E-state index contributed by atoms with van der Waals surface area (Å²) in [5.41, 5.74) is 8.00. The molecule has 2 N–H and O–H groups in total. The van der Waals surface area contributed by atoms with E-state index in [1.54, 1.807) is 0 Å². The van der Waals surface area contributed by atoms with Gasteiger partial charge >= 0.3 is 0 Å². The van der Waals surface area contributed by atoms with E-state index in [-0.39, 0.29) is 0 Å². The third-order valence-electron chi connectivity index (χ3n) is 3.65. The minimum Gasteiger partial charge on any atom is -0.389 e. The van der Waals surface area contributed by atoms with Gasteiger partial charge in [0.25, 0.3) is 0 Å². The van der Waals surface area contributed by atoms with Gasteiger partial charge in [0, 0.05) is 18.2 Å². The van der Waals surface area contributed by atoms with Crippen LogP contribution in [0.1, 0.15) is 44.2 Å². The van der Waals surface area contributed by atoms with Crippen LogP contribution >= 0.6 is 12.2 Å². The Kier molecular flexibility index (Phi) is 4.94. The molecule has 0 radical (unpaired) electrons. The molecule has 1 aromatic carbocycles. The van der Waals surface area contributed by atoms with Crippen LogP contribution in [0.3, 0.4) is 0 Å². The lowest BCUT2D eigenvalue weighted by molar-refractivity contribution is 0.239. The van der Waals surface area contributed by atoms with Crippen LogP contribution < -0.4 is 5.73 Å². The Morgan fingerprint density at radius 2 is 2.16 bits per heavy atom.